The maximum atomic E-state index is 12.8. The highest BCUT2D eigenvalue weighted by Gasteiger charge is 2.28. The number of fused-ring (bicyclic) bond motifs is 1. The van der Waals surface area contributed by atoms with Crippen molar-refractivity contribution in [1.82, 2.24) is 15.1 Å². The lowest BCUT2D eigenvalue weighted by Gasteiger charge is -2.23. The van der Waals surface area contributed by atoms with Gasteiger partial charge in [0.25, 0.3) is 0 Å². The highest BCUT2D eigenvalue weighted by atomic mass is 16.3. The van der Waals surface area contributed by atoms with Crippen LogP contribution in [0.4, 0.5) is 0 Å². The molecule has 3 rings (SSSR count). The van der Waals surface area contributed by atoms with Gasteiger partial charge >= 0.3 is 0 Å². The monoisotopic (exact) mass is 343 g/mol. The second-order valence-corrected chi connectivity index (χ2v) is 6.85. The van der Waals surface area contributed by atoms with Gasteiger partial charge in [0, 0.05) is 44.2 Å². The number of carbonyl (C=O) groups excluding carboxylic acids is 2. The van der Waals surface area contributed by atoms with Crippen LogP contribution in [0.3, 0.4) is 0 Å². The lowest BCUT2D eigenvalue weighted by atomic mass is 10.1. The quantitative estimate of drug-likeness (QED) is 0.915. The van der Waals surface area contributed by atoms with Crippen molar-refractivity contribution in [2.24, 2.45) is 5.92 Å². The first kappa shape index (κ1) is 17.5. The molecule has 0 bridgehead atoms. The fourth-order valence-corrected chi connectivity index (χ4v) is 3.37. The molecule has 2 aromatic rings. The van der Waals surface area contributed by atoms with Gasteiger partial charge in [-0.2, -0.15) is 0 Å². The second-order valence-electron chi connectivity index (χ2n) is 6.85. The SMILES string of the molecule is CNC(=O)C1CN(C)CCN(C(=O)Cc2coc3cc(C)ccc23)C1. The number of likely N-dealkylation sites (N-methyl/N-ethyl adjacent to an activating group) is 1. The number of hydrogen-bond donors (Lipinski definition) is 1. The van der Waals surface area contributed by atoms with Gasteiger partial charge in [-0.3, -0.25) is 9.59 Å². The van der Waals surface area contributed by atoms with Gasteiger partial charge in [0.15, 0.2) is 0 Å². The van der Waals surface area contributed by atoms with E-state index in [-0.39, 0.29) is 17.7 Å². The number of rotatable bonds is 3. The molecular formula is C19H25N3O3. The van der Waals surface area contributed by atoms with Gasteiger partial charge in [-0.05, 0) is 25.6 Å². The number of carbonyl (C=O) groups is 2. The van der Waals surface area contributed by atoms with Crippen LogP contribution in [0.15, 0.2) is 28.9 Å². The van der Waals surface area contributed by atoms with Gasteiger partial charge in [-0.25, -0.2) is 0 Å². The van der Waals surface area contributed by atoms with Crippen LogP contribution in [0, 0.1) is 12.8 Å². The van der Waals surface area contributed by atoms with Crippen molar-refractivity contribution in [3.05, 3.63) is 35.6 Å². The van der Waals surface area contributed by atoms with E-state index in [4.69, 9.17) is 4.42 Å². The summed E-state index contributed by atoms with van der Waals surface area (Å²) in [6, 6.07) is 6.00. The van der Waals surface area contributed by atoms with E-state index in [1.807, 2.05) is 32.2 Å². The van der Waals surface area contributed by atoms with Crippen molar-refractivity contribution in [3.8, 4) is 0 Å². The van der Waals surface area contributed by atoms with E-state index in [0.29, 0.717) is 26.1 Å². The predicted molar refractivity (Wildman–Crippen MR) is 96.3 cm³/mol. The molecular weight excluding hydrogens is 318 g/mol. The summed E-state index contributed by atoms with van der Waals surface area (Å²) < 4.78 is 5.59. The molecule has 0 spiro atoms. The Labute approximate surface area is 147 Å². The van der Waals surface area contributed by atoms with Crippen molar-refractivity contribution in [3.63, 3.8) is 0 Å². The van der Waals surface area contributed by atoms with Gasteiger partial charge in [0.1, 0.15) is 5.58 Å². The van der Waals surface area contributed by atoms with Crippen LogP contribution in [0.25, 0.3) is 11.0 Å². The molecule has 2 amide bonds. The zero-order valence-corrected chi connectivity index (χ0v) is 15.0. The summed E-state index contributed by atoms with van der Waals surface area (Å²) in [4.78, 5) is 28.8. The van der Waals surface area contributed by atoms with E-state index < -0.39 is 0 Å². The van der Waals surface area contributed by atoms with Crippen molar-refractivity contribution in [2.45, 2.75) is 13.3 Å². The molecule has 1 unspecified atom stereocenters. The summed E-state index contributed by atoms with van der Waals surface area (Å²) in [7, 11) is 3.62. The summed E-state index contributed by atoms with van der Waals surface area (Å²) in [5.74, 6) is -0.187. The third-order valence-electron chi connectivity index (χ3n) is 4.85. The minimum atomic E-state index is -0.204. The molecule has 1 aliphatic rings. The van der Waals surface area contributed by atoms with Crippen LogP contribution in [0.1, 0.15) is 11.1 Å². The number of hydrogen-bond acceptors (Lipinski definition) is 4. The lowest BCUT2D eigenvalue weighted by molar-refractivity contribution is -0.132. The first-order valence-electron chi connectivity index (χ1n) is 8.62. The number of benzene rings is 1. The van der Waals surface area contributed by atoms with Gasteiger partial charge in [-0.1, -0.05) is 12.1 Å². The Morgan fingerprint density at radius 1 is 1.28 bits per heavy atom. The molecule has 1 saturated heterocycles. The number of nitrogens with one attached hydrogen (secondary N) is 1. The van der Waals surface area contributed by atoms with Crippen LogP contribution < -0.4 is 5.32 Å². The van der Waals surface area contributed by atoms with E-state index in [1.165, 1.54) is 0 Å². The zero-order chi connectivity index (χ0) is 18.0. The summed E-state index contributed by atoms with van der Waals surface area (Å²) in [6.45, 7) is 4.54. The molecule has 0 aliphatic carbocycles. The standard InChI is InChI=1S/C19H25N3O3/c1-13-4-5-16-14(12-25-17(16)8-13)9-18(23)22-7-6-21(3)10-15(11-22)19(24)20-2/h4-5,8,12,15H,6-7,9-11H2,1-3H3,(H,20,24). The number of nitrogens with zero attached hydrogens (tertiary/aromatic N) is 2. The molecule has 0 saturated carbocycles. The van der Waals surface area contributed by atoms with Crippen LogP contribution in [-0.4, -0.2) is 61.9 Å². The van der Waals surface area contributed by atoms with Crippen molar-refractivity contribution < 1.29 is 14.0 Å². The highest BCUT2D eigenvalue weighted by Crippen LogP contribution is 2.23. The predicted octanol–water partition coefficient (Wildman–Crippen LogP) is 1.42. The van der Waals surface area contributed by atoms with E-state index >= 15 is 0 Å². The van der Waals surface area contributed by atoms with Crippen LogP contribution in [0.2, 0.25) is 0 Å². The Balaban J connectivity index is 1.75. The van der Waals surface area contributed by atoms with E-state index in [2.05, 4.69) is 10.2 Å². The second kappa shape index (κ2) is 7.27. The van der Waals surface area contributed by atoms with Gasteiger partial charge < -0.3 is 19.5 Å². The molecule has 6 heteroatoms. The third-order valence-corrected chi connectivity index (χ3v) is 4.85. The Bertz CT molecular complexity index is 783. The molecule has 25 heavy (non-hydrogen) atoms. The molecule has 134 valence electrons. The Morgan fingerprint density at radius 2 is 2.08 bits per heavy atom. The fraction of sp³-hybridized carbons (Fsp3) is 0.474. The van der Waals surface area contributed by atoms with Crippen molar-refractivity contribution in [2.75, 3.05) is 40.3 Å². The Kier molecular flexibility index (Phi) is 5.08. The molecule has 0 radical (unpaired) electrons. The number of aryl methyl sites for hydroxylation is 1. The number of amides is 2. The summed E-state index contributed by atoms with van der Waals surface area (Å²) >= 11 is 0. The molecule has 1 N–H and O–H groups in total. The molecule has 1 atom stereocenters. The minimum absolute atomic E-state index is 0.0178. The zero-order valence-electron chi connectivity index (χ0n) is 15.0. The first-order chi connectivity index (χ1) is 12.0. The molecule has 1 aliphatic heterocycles. The van der Waals surface area contributed by atoms with Crippen LogP contribution >= 0.6 is 0 Å². The lowest BCUT2D eigenvalue weighted by Crippen LogP contribution is -2.41. The van der Waals surface area contributed by atoms with Crippen LogP contribution in [-0.2, 0) is 16.0 Å². The molecule has 2 heterocycles. The normalized spacial score (nSPS) is 19.0. The van der Waals surface area contributed by atoms with E-state index in [1.54, 1.807) is 18.2 Å². The smallest absolute Gasteiger partial charge is 0.227 e. The van der Waals surface area contributed by atoms with Gasteiger partial charge in [0.05, 0.1) is 18.6 Å². The Hall–Kier alpha value is -2.34. The maximum absolute atomic E-state index is 12.8. The fourth-order valence-electron chi connectivity index (χ4n) is 3.37. The van der Waals surface area contributed by atoms with Crippen LogP contribution in [0.5, 0.6) is 0 Å². The highest BCUT2D eigenvalue weighted by molar-refractivity contribution is 5.88. The largest absolute Gasteiger partial charge is 0.464 e. The number of furan rings is 1. The summed E-state index contributed by atoms with van der Waals surface area (Å²) in [5, 5.41) is 3.68. The van der Waals surface area contributed by atoms with Gasteiger partial charge in [-0.15, -0.1) is 0 Å². The van der Waals surface area contributed by atoms with E-state index in [0.717, 1.165) is 28.6 Å². The Morgan fingerprint density at radius 3 is 2.84 bits per heavy atom. The molecule has 6 nitrogen and oxygen atoms in total. The average molecular weight is 343 g/mol. The topological polar surface area (TPSA) is 65.8 Å². The summed E-state index contributed by atoms with van der Waals surface area (Å²) in [6.07, 6.45) is 1.96. The molecule has 1 aromatic carbocycles. The molecule has 1 fully saturated rings. The van der Waals surface area contributed by atoms with Gasteiger partial charge in [0.2, 0.25) is 11.8 Å². The maximum Gasteiger partial charge on any atom is 0.227 e. The summed E-state index contributed by atoms with van der Waals surface area (Å²) in [5.41, 5.74) is 2.83. The average Bonchev–Trinajstić information content (AvgIpc) is 2.86. The van der Waals surface area contributed by atoms with Crippen molar-refractivity contribution in [1.29, 1.82) is 0 Å². The van der Waals surface area contributed by atoms with Crippen molar-refractivity contribution >= 4 is 22.8 Å². The first-order valence-corrected chi connectivity index (χ1v) is 8.62. The van der Waals surface area contributed by atoms with E-state index in [9.17, 15) is 9.59 Å². The third kappa shape index (κ3) is 3.85. The molecule has 1 aromatic heterocycles. The minimum Gasteiger partial charge on any atom is -0.464 e.